The molecule has 0 unspecified atom stereocenters. The van der Waals surface area contributed by atoms with Gasteiger partial charge in [0.05, 0.1) is 17.8 Å². The summed E-state index contributed by atoms with van der Waals surface area (Å²) in [6, 6.07) is 21.6. The monoisotopic (exact) mass is 480 g/mol. The third kappa shape index (κ3) is 4.14. The van der Waals surface area contributed by atoms with Crippen LogP contribution in [0.5, 0.6) is 0 Å². The number of nitrogens with one attached hydrogen (secondary N) is 1. The Morgan fingerprint density at radius 2 is 1.57 bits per heavy atom. The van der Waals surface area contributed by atoms with Gasteiger partial charge in [-0.3, -0.25) is 4.98 Å². The van der Waals surface area contributed by atoms with E-state index in [1.807, 2.05) is 18.3 Å². The first-order valence-electron chi connectivity index (χ1n) is 12.1. The van der Waals surface area contributed by atoms with Gasteiger partial charge >= 0.3 is 0 Å². The van der Waals surface area contributed by atoms with Gasteiger partial charge in [0.2, 0.25) is 0 Å². The summed E-state index contributed by atoms with van der Waals surface area (Å²) in [5, 5.41) is 4.34. The van der Waals surface area contributed by atoms with Crippen molar-refractivity contribution >= 4 is 23.0 Å². The standard InChI is InChI=1S/C30H32N4S/c1-18-10-11-21(4)27(16-18)33-22(5)17-25(23(33)6)29-28(26-9-7-8-12-31-26)32-30(35)34(29)24-14-19(2)13-20(3)15-24/h7-17,28-29H,1-6H3,(H,32,35)/t28-,29+/m0/s1. The highest BCUT2D eigenvalue weighted by Gasteiger charge is 2.42. The zero-order chi connectivity index (χ0) is 24.9. The smallest absolute Gasteiger partial charge is 0.174 e. The molecule has 4 aromatic rings. The molecule has 2 aromatic carbocycles. The van der Waals surface area contributed by atoms with E-state index in [1.54, 1.807) is 0 Å². The van der Waals surface area contributed by atoms with Gasteiger partial charge in [-0.05, 0) is 118 Å². The Balaban J connectivity index is 1.72. The number of pyridine rings is 1. The van der Waals surface area contributed by atoms with Crippen molar-refractivity contribution in [3.8, 4) is 5.69 Å². The fourth-order valence-corrected chi connectivity index (χ4v) is 5.80. The van der Waals surface area contributed by atoms with Crippen LogP contribution in [0.15, 0.2) is 66.9 Å². The Hall–Kier alpha value is -3.44. The molecule has 3 heterocycles. The Morgan fingerprint density at radius 3 is 2.26 bits per heavy atom. The largest absolute Gasteiger partial charge is 0.351 e. The molecular formula is C30H32N4S. The molecule has 178 valence electrons. The predicted molar refractivity (Wildman–Crippen MR) is 149 cm³/mol. The van der Waals surface area contributed by atoms with Gasteiger partial charge in [-0.1, -0.05) is 24.3 Å². The Morgan fingerprint density at radius 1 is 0.829 bits per heavy atom. The lowest BCUT2D eigenvalue weighted by atomic mass is 9.96. The molecule has 1 fully saturated rings. The summed E-state index contributed by atoms with van der Waals surface area (Å²) < 4.78 is 2.38. The second-order valence-corrected chi connectivity index (χ2v) is 10.2. The first-order chi connectivity index (χ1) is 16.7. The zero-order valence-electron chi connectivity index (χ0n) is 21.3. The molecular weight excluding hydrogens is 448 g/mol. The van der Waals surface area contributed by atoms with Crippen LogP contribution in [0, 0.1) is 41.5 Å². The Bertz CT molecular complexity index is 1400. The second-order valence-electron chi connectivity index (χ2n) is 9.79. The summed E-state index contributed by atoms with van der Waals surface area (Å²) in [6.07, 6.45) is 1.86. The van der Waals surface area contributed by atoms with Crippen LogP contribution in [-0.2, 0) is 0 Å². The highest BCUT2D eigenvalue weighted by Crippen LogP contribution is 2.44. The number of rotatable bonds is 4. The molecule has 5 heteroatoms. The van der Waals surface area contributed by atoms with E-state index in [1.165, 1.54) is 44.9 Å². The summed E-state index contributed by atoms with van der Waals surface area (Å²) in [5.74, 6) is 0. The Kier molecular flexibility index (Phi) is 5.97. The molecule has 1 N–H and O–H groups in total. The molecule has 0 amide bonds. The molecule has 0 bridgehead atoms. The molecule has 2 atom stereocenters. The van der Waals surface area contributed by atoms with E-state index in [4.69, 9.17) is 17.2 Å². The minimum Gasteiger partial charge on any atom is -0.351 e. The molecule has 5 rings (SSSR count). The van der Waals surface area contributed by atoms with Crippen LogP contribution in [0.1, 0.15) is 57.0 Å². The minimum absolute atomic E-state index is 0.0244. The van der Waals surface area contributed by atoms with Gasteiger partial charge in [0.15, 0.2) is 5.11 Å². The van der Waals surface area contributed by atoms with E-state index in [2.05, 4.69) is 105 Å². The topological polar surface area (TPSA) is 33.1 Å². The number of aryl methyl sites for hydroxylation is 5. The van der Waals surface area contributed by atoms with Crippen LogP contribution in [0.4, 0.5) is 5.69 Å². The van der Waals surface area contributed by atoms with Gasteiger partial charge in [0.25, 0.3) is 0 Å². The van der Waals surface area contributed by atoms with Crippen LogP contribution < -0.4 is 10.2 Å². The molecule has 0 saturated carbocycles. The fraction of sp³-hybridized carbons (Fsp3) is 0.267. The maximum Gasteiger partial charge on any atom is 0.174 e. The number of aromatic nitrogens is 2. The third-order valence-electron chi connectivity index (χ3n) is 6.98. The highest BCUT2D eigenvalue weighted by atomic mass is 32.1. The number of thiocarbonyl (C=S) groups is 1. The molecule has 2 aromatic heterocycles. The number of anilines is 1. The highest BCUT2D eigenvalue weighted by molar-refractivity contribution is 7.80. The van der Waals surface area contributed by atoms with Crippen LogP contribution in [0.3, 0.4) is 0 Å². The lowest BCUT2D eigenvalue weighted by Gasteiger charge is -2.29. The van der Waals surface area contributed by atoms with Gasteiger partial charge in [0.1, 0.15) is 0 Å². The average molecular weight is 481 g/mol. The summed E-state index contributed by atoms with van der Waals surface area (Å²) in [5.41, 5.74) is 12.0. The summed E-state index contributed by atoms with van der Waals surface area (Å²) >= 11 is 5.96. The second kappa shape index (κ2) is 8.97. The lowest BCUT2D eigenvalue weighted by molar-refractivity contribution is 0.565. The molecule has 1 aliphatic heterocycles. The van der Waals surface area contributed by atoms with Crippen LogP contribution >= 0.6 is 12.2 Å². The van der Waals surface area contributed by atoms with Crippen molar-refractivity contribution in [2.45, 2.75) is 53.6 Å². The predicted octanol–water partition coefficient (Wildman–Crippen LogP) is 6.90. The van der Waals surface area contributed by atoms with Gasteiger partial charge in [-0.15, -0.1) is 0 Å². The maximum absolute atomic E-state index is 5.96. The summed E-state index contributed by atoms with van der Waals surface area (Å²) in [6.45, 7) is 13.0. The van der Waals surface area contributed by atoms with Crippen molar-refractivity contribution < 1.29 is 0 Å². The van der Waals surface area contributed by atoms with E-state index < -0.39 is 0 Å². The molecule has 4 nitrogen and oxygen atoms in total. The van der Waals surface area contributed by atoms with Crippen molar-refractivity contribution in [1.29, 1.82) is 0 Å². The van der Waals surface area contributed by atoms with Crippen LogP contribution in [-0.4, -0.2) is 14.7 Å². The van der Waals surface area contributed by atoms with E-state index in [0.717, 1.165) is 16.5 Å². The SMILES string of the molecule is Cc1cc(C)cc(N2C(=S)N[C@@H](c3ccccn3)[C@H]2c2cc(C)n(-c3cc(C)ccc3C)c2C)c1. The lowest BCUT2D eigenvalue weighted by Crippen LogP contribution is -2.29. The van der Waals surface area contributed by atoms with Crippen molar-refractivity contribution in [2.75, 3.05) is 4.90 Å². The minimum atomic E-state index is -0.0583. The fourth-order valence-electron chi connectivity index (χ4n) is 5.46. The van der Waals surface area contributed by atoms with E-state index >= 15 is 0 Å². The first-order valence-corrected chi connectivity index (χ1v) is 12.5. The van der Waals surface area contributed by atoms with Crippen LogP contribution in [0.2, 0.25) is 0 Å². The zero-order valence-corrected chi connectivity index (χ0v) is 22.1. The average Bonchev–Trinajstić information content (AvgIpc) is 3.30. The molecule has 35 heavy (non-hydrogen) atoms. The molecule has 0 spiro atoms. The van der Waals surface area contributed by atoms with Gasteiger partial charge in [0, 0.05) is 29.0 Å². The normalized spacial score (nSPS) is 17.7. The van der Waals surface area contributed by atoms with E-state index in [9.17, 15) is 0 Å². The molecule has 1 saturated heterocycles. The maximum atomic E-state index is 5.96. The molecule has 0 aliphatic carbocycles. The number of nitrogens with zero attached hydrogens (tertiary/aromatic N) is 3. The third-order valence-corrected chi connectivity index (χ3v) is 7.29. The Labute approximate surface area is 213 Å². The number of benzene rings is 2. The van der Waals surface area contributed by atoms with Crippen molar-refractivity contribution in [3.05, 3.63) is 112 Å². The van der Waals surface area contributed by atoms with Crippen molar-refractivity contribution in [1.82, 2.24) is 14.9 Å². The van der Waals surface area contributed by atoms with Gasteiger partial charge in [-0.25, -0.2) is 0 Å². The van der Waals surface area contributed by atoms with Crippen molar-refractivity contribution in [3.63, 3.8) is 0 Å². The van der Waals surface area contributed by atoms with E-state index in [-0.39, 0.29) is 12.1 Å². The molecule has 1 aliphatic rings. The number of hydrogen-bond donors (Lipinski definition) is 1. The van der Waals surface area contributed by atoms with E-state index in [0.29, 0.717) is 0 Å². The quantitative estimate of drug-likeness (QED) is 0.322. The first kappa shape index (κ1) is 23.3. The summed E-state index contributed by atoms with van der Waals surface area (Å²) in [7, 11) is 0. The summed E-state index contributed by atoms with van der Waals surface area (Å²) in [4.78, 5) is 7.00. The van der Waals surface area contributed by atoms with Gasteiger partial charge < -0.3 is 14.8 Å². The van der Waals surface area contributed by atoms with Gasteiger partial charge in [-0.2, -0.15) is 0 Å². The molecule has 0 radical (unpaired) electrons. The van der Waals surface area contributed by atoms with Crippen molar-refractivity contribution in [2.24, 2.45) is 0 Å². The van der Waals surface area contributed by atoms with Crippen LogP contribution in [0.25, 0.3) is 5.69 Å². The number of hydrogen-bond acceptors (Lipinski definition) is 2.